The summed E-state index contributed by atoms with van der Waals surface area (Å²) in [5.41, 5.74) is 7.12. The van der Waals surface area contributed by atoms with Crippen LogP contribution in [0.1, 0.15) is 109 Å². The van der Waals surface area contributed by atoms with Gasteiger partial charge in [0.25, 0.3) is 5.91 Å². The van der Waals surface area contributed by atoms with Crippen molar-refractivity contribution < 1.29 is 61.9 Å². The number of aryl methyl sites for hydroxylation is 5. The van der Waals surface area contributed by atoms with Crippen molar-refractivity contribution in [2.75, 3.05) is 22.5 Å². The Morgan fingerprint density at radius 1 is 0.482 bits per heavy atom. The molecule has 7 N–H and O–H groups in total. The van der Waals surface area contributed by atoms with Gasteiger partial charge in [0.2, 0.25) is 0 Å². The first-order chi connectivity index (χ1) is 38.9. The first-order valence-electron chi connectivity index (χ1n) is 25.9. The van der Waals surface area contributed by atoms with Gasteiger partial charge in [0, 0.05) is 53.2 Å². The smallest absolute Gasteiger partial charge is 0.322 e. The topological polar surface area (TPSA) is 205 Å². The van der Waals surface area contributed by atoms with E-state index in [0.717, 1.165) is 22.3 Å². The number of amides is 1. The molecule has 0 spiro atoms. The largest absolute Gasteiger partial charge is 0.486 e. The van der Waals surface area contributed by atoms with E-state index in [9.17, 15) is 32.3 Å². The van der Waals surface area contributed by atoms with E-state index in [4.69, 9.17) is 52.7 Å². The summed E-state index contributed by atoms with van der Waals surface area (Å²) in [5, 5.41) is 38.3. The summed E-state index contributed by atoms with van der Waals surface area (Å²) in [6, 6.07) is 20.7. The minimum Gasteiger partial charge on any atom is -0.486 e. The van der Waals surface area contributed by atoms with E-state index in [-0.39, 0.29) is 89.6 Å². The summed E-state index contributed by atoms with van der Waals surface area (Å²) < 4.78 is 63.8. The number of halogens is 9. The summed E-state index contributed by atoms with van der Waals surface area (Å²) >= 11 is 26.0. The molecule has 0 heterocycles. The second-order valence-corrected chi connectivity index (χ2v) is 24.3. The molecule has 6 rings (SSSR count). The van der Waals surface area contributed by atoms with Gasteiger partial charge in [0.05, 0.1) is 45.0 Å². The second-order valence-electron chi connectivity index (χ2n) is 20.0. The Morgan fingerprint density at radius 3 is 1.11 bits per heavy atom. The molecule has 0 aliphatic heterocycles. The zero-order valence-corrected chi connectivity index (χ0v) is 54.8. The number of hydrogen-bond donors (Lipinski definition) is 7. The second kappa shape index (κ2) is 33.1. The molecule has 0 atom stereocenters. The number of hydrogen-bond acceptors (Lipinski definition) is 10. The van der Waals surface area contributed by atoms with Gasteiger partial charge in [-0.1, -0.05) is 23.2 Å². The van der Waals surface area contributed by atoms with Crippen molar-refractivity contribution in [2.45, 2.75) is 126 Å². The fraction of sp³-hybridized carbons (Fsp3) is 0.333. The van der Waals surface area contributed by atoms with E-state index in [0.29, 0.717) is 81.5 Å². The number of nitrogens with one attached hydrogen (secondary N) is 4. The van der Waals surface area contributed by atoms with Gasteiger partial charge in [-0.15, -0.1) is 0 Å². The molecule has 0 unspecified atom stereocenters. The monoisotopic (exact) mass is 1440 g/mol. The summed E-state index contributed by atoms with van der Waals surface area (Å²) in [4.78, 5) is 44.1. The lowest BCUT2D eigenvalue weighted by molar-refractivity contribution is -0.138. The molecule has 0 fully saturated rings. The summed E-state index contributed by atoms with van der Waals surface area (Å²) in [6.07, 6.45) is 0.765. The Kier molecular flexibility index (Phi) is 27.8. The highest BCUT2D eigenvalue weighted by Crippen LogP contribution is 2.39. The van der Waals surface area contributed by atoms with Crippen molar-refractivity contribution >= 4 is 128 Å². The Labute approximate surface area is 525 Å². The Hall–Kier alpha value is -5.71. The molecular formula is C60H65Br4Cl2F3N4O10. The van der Waals surface area contributed by atoms with Gasteiger partial charge in [0.15, 0.2) is 23.2 Å². The fourth-order valence-corrected chi connectivity index (χ4v) is 11.5. The van der Waals surface area contributed by atoms with Gasteiger partial charge >= 0.3 is 17.9 Å². The van der Waals surface area contributed by atoms with Crippen LogP contribution >= 0.6 is 86.9 Å². The van der Waals surface area contributed by atoms with Crippen LogP contribution in [0.5, 0.6) is 17.2 Å². The number of carboxylic acid groups (broad SMARTS) is 3. The van der Waals surface area contributed by atoms with E-state index in [2.05, 4.69) is 85.0 Å². The third kappa shape index (κ3) is 22.7. The van der Waals surface area contributed by atoms with Crippen molar-refractivity contribution in [3.8, 4) is 17.2 Å². The standard InChI is InChI=1S/C20H21Br2FN2O4.C20H22Br2FNO3.C20H22Cl2FNO3/c1-10(2)25-16-5-11(3)4-13(18(16)23)9-29-19-14(21)6-12(7-15(19)22)20(28)24-8-17(26)27;2*1-11(2)24-17-7-12(3)6-14(19(17)23)10-27-20-15(21)8-13(9-16(20)22)4-5-18(25)26/h4-7,10,25H,8-9H2,1-3H3,(H,24,28)(H,26,27);2*6-9,11,24H,4-5,10H2,1-3H3,(H,25,26). The Bertz CT molecular complexity index is 3090. The predicted molar refractivity (Wildman–Crippen MR) is 335 cm³/mol. The van der Waals surface area contributed by atoms with Gasteiger partial charge in [0.1, 0.15) is 37.9 Å². The van der Waals surface area contributed by atoms with Gasteiger partial charge in [-0.2, -0.15) is 0 Å². The molecule has 0 aliphatic rings. The zero-order valence-electron chi connectivity index (χ0n) is 46.9. The maximum atomic E-state index is 14.8. The molecule has 1 amide bonds. The fourth-order valence-electron chi connectivity index (χ4n) is 7.92. The quantitative estimate of drug-likeness (QED) is 0.0302. The minimum absolute atomic E-state index is 0.0119. The molecule has 0 radical (unpaired) electrons. The van der Waals surface area contributed by atoms with Crippen molar-refractivity contribution in [1.29, 1.82) is 0 Å². The molecule has 0 saturated carbocycles. The molecule has 14 nitrogen and oxygen atoms in total. The Morgan fingerprint density at radius 2 is 0.795 bits per heavy atom. The predicted octanol–water partition coefficient (Wildman–Crippen LogP) is 16.8. The van der Waals surface area contributed by atoms with Crippen LogP contribution in [-0.2, 0) is 47.0 Å². The number of carbonyl (C=O) groups is 4. The number of ether oxygens (including phenoxy) is 3. The molecule has 0 aromatic heterocycles. The van der Waals surface area contributed by atoms with Crippen LogP contribution in [0.25, 0.3) is 0 Å². The highest BCUT2D eigenvalue weighted by molar-refractivity contribution is 9.11. The van der Waals surface area contributed by atoms with Gasteiger partial charge in [-0.3, -0.25) is 19.2 Å². The van der Waals surface area contributed by atoms with Crippen LogP contribution in [0.2, 0.25) is 10.0 Å². The minimum atomic E-state index is -1.14. The van der Waals surface area contributed by atoms with Crippen LogP contribution in [0, 0.1) is 38.2 Å². The van der Waals surface area contributed by atoms with Crippen LogP contribution in [0.15, 0.2) is 90.7 Å². The first-order valence-corrected chi connectivity index (χ1v) is 29.8. The summed E-state index contributed by atoms with van der Waals surface area (Å²) in [6.45, 7) is 16.9. The molecule has 0 bridgehead atoms. The third-order valence-electron chi connectivity index (χ3n) is 11.4. The van der Waals surface area contributed by atoms with Crippen LogP contribution < -0.4 is 35.5 Å². The average molecular weight is 1450 g/mol. The van der Waals surface area contributed by atoms with Crippen LogP contribution in [0.3, 0.4) is 0 Å². The number of anilines is 3. The molecule has 6 aromatic carbocycles. The van der Waals surface area contributed by atoms with E-state index in [1.807, 2.05) is 74.4 Å². The van der Waals surface area contributed by atoms with Gasteiger partial charge in [-0.05, 0) is 239 Å². The van der Waals surface area contributed by atoms with Crippen LogP contribution in [0.4, 0.5) is 30.2 Å². The van der Waals surface area contributed by atoms with Gasteiger partial charge in [-0.25, -0.2) is 13.2 Å². The van der Waals surface area contributed by atoms with Crippen molar-refractivity contribution in [2.24, 2.45) is 0 Å². The third-order valence-corrected chi connectivity index (χ3v) is 14.3. The molecule has 448 valence electrons. The Balaban J connectivity index is 0.000000268. The van der Waals surface area contributed by atoms with Crippen molar-refractivity contribution in [3.05, 3.63) is 168 Å². The number of aliphatic carboxylic acids is 3. The number of benzene rings is 6. The molecule has 0 aliphatic carbocycles. The lowest BCUT2D eigenvalue weighted by Gasteiger charge is -2.16. The van der Waals surface area contributed by atoms with E-state index >= 15 is 0 Å². The summed E-state index contributed by atoms with van der Waals surface area (Å²) in [5.74, 6) is -3.28. The molecule has 6 aromatic rings. The maximum absolute atomic E-state index is 14.8. The highest BCUT2D eigenvalue weighted by Gasteiger charge is 2.20. The number of rotatable bonds is 24. The van der Waals surface area contributed by atoms with E-state index in [1.165, 1.54) is 12.1 Å². The highest BCUT2D eigenvalue weighted by atomic mass is 79.9. The van der Waals surface area contributed by atoms with Crippen molar-refractivity contribution in [3.63, 3.8) is 0 Å². The van der Waals surface area contributed by atoms with E-state index < -0.39 is 30.4 Å². The molecular weight excluding hydrogens is 1380 g/mol. The SMILES string of the molecule is Cc1cc(COc2c(Br)cc(C(=O)NCC(=O)O)cc2Br)c(F)c(NC(C)C)c1.Cc1cc(COc2c(Br)cc(CCC(=O)O)cc2Br)c(F)c(NC(C)C)c1.Cc1cc(COc2c(Cl)cc(CCC(=O)O)cc2Cl)c(F)c(NC(C)C)c1. The lowest BCUT2D eigenvalue weighted by Crippen LogP contribution is -2.29. The normalized spacial score (nSPS) is 10.9. The van der Waals surface area contributed by atoms with Crippen molar-refractivity contribution in [1.82, 2.24) is 5.32 Å². The summed E-state index contributed by atoms with van der Waals surface area (Å²) in [7, 11) is 0. The van der Waals surface area contributed by atoms with Gasteiger partial charge < -0.3 is 50.8 Å². The first kappa shape index (κ1) is 69.8. The maximum Gasteiger partial charge on any atom is 0.322 e. The molecule has 83 heavy (non-hydrogen) atoms. The lowest BCUT2D eigenvalue weighted by atomic mass is 10.1. The molecule has 23 heteroatoms. The number of carboxylic acids is 3. The molecule has 0 saturated heterocycles. The number of carbonyl (C=O) groups excluding carboxylic acids is 1. The van der Waals surface area contributed by atoms with Crippen LogP contribution in [-0.4, -0.2) is 63.8 Å². The van der Waals surface area contributed by atoms with E-state index in [1.54, 1.807) is 48.5 Å². The zero-order chi connectivity index (χ0) is 62.0. The average Bonchev–Trinajstić information content (AvgIpc) is 3.56.